The highest BCUT2D eigenvalue weighted by molar-refractivity contribution is 9.10. The van der Waals surface area contributed by atoms with Crippen LogP contribution in [0.25, 0.3) is 0 Å². The number of halogens is 1. The van der Waals surface area contributed by atoms with Crippen LogP contribution in [0.5, 0.6) is 5.75 Å². The van der Waals surface area contributed by atoms with Crippen molar-refractivity contribution in [1.82, 2.24) is 5.43 Å². The number of nitrogens with one attached hydrogen (secondary N) is 2. The predicted octanol–water partition coefficient (Wildman–Crippen LogP) is 3.10. The Morgan fingerprint density at radius 3 is 2.64 bits per heavy atom. The van der Waals surface area contributed by atoms with E-state index in [2.05, 4.69) is 38.4 Å². The van der Waals surface area contributed by atoms with Crippen LogP contribution in [0.3, 0.4) is 0 Å². The molecular formula is C18H16BrN3O3. The highest BCUT2D eigenvalue weighted by Gasteiger charge is 2.12. The molecule has 2 amide bonds. The Balaban J connectivity index is 1.97. The fourth-order valence-corrected chi connectivity index (χ4v) is 2.20. The van der Waals surface area contributed by atoms with Crippen molar-refractivity contribution in [2.24, 2.45) is 5.10 Å². The van der Waals surface area contributed by atoms with Gasteiger partial charge < -0.3 is 10.1 Å². The van der Waals surface area contributed by atoms with Gasteiger partial charge in [-0.25, -0.2) is 5.43 Å². The first-order valence-electron chi connectivity index (χ1n) is 7.33. The molecule has 0 radical (unpaired) electrons. The van der Waals surface area contributed by atoms with Gasteiger partial charge in [0.15, 0.2) is 0 Å². The number of benzene rings is 2. The molecule has 2 aromatic carbocycles. The summed E-state index contributed by atoms with van der Waals surface area (Å²) < 4.78 is 6.33. The summed E-state index contributed by atoms with van der Waals surface area (Å²) in [5, 5.41) is 6.27. The molecule has 2 rings (SSSR count). The molecule has 6 nitrogen and oxygen atoms in total. The van der Waals surface area contributed by atoms with Crippen LogP contribution in [0.4, 0.5) is 5.69 Å². The fourth-order valence-electron chi connectivity index (χ4n) is 1.82. The van der Waals surface area contributed by atoms with Gasteiger partial charge in [-0.15, -0.1) is 0 Å². The Kier molecular flexibility index (Phi) is 6.91. The Morgan fingerprint density at radius 1 is 1.16 bits per heavy atom. The number of rotatable bonds is 6. The smallest absolute Gasteiger partial charge is 0.329 e. The second kappa shape index (κ2) is 9.39. The number of carbonyl (C=O) groups is 2. The normalized spacial score (nSPS) is 10.3. The van der Waals surface area contributed by atoms with Crippen LogP contribution in [0, 0.1) is 0 Å². The molecule has 2 N–H and O–H groups in total. The molecule has 0 saturated heterocycles. The molecule has 0 aliphatic carbocycles. The highest BCUT2D eigenvalue weighted by atomic mass is 79.9. The molecule has 0 bridgehead atoms. The van der Waals surface area contributed by atoms with Crippen LogP contribution in [0.2, 0.25) is 0 Å². The SMILES string of the molecule is C=CCOc1ccc(Br)cc1/C=N\NC(=O)C(=O)Nc1ccccc1. The molecule has 0 fully saturated rings. The summed E-state index contributed by atoms with van der Waals surface area (Å²) in [5.74, 6) is -1.10. The maximum Gasteiger partial charge on any atom is 0.329 e. The van der Waals surface area contributed by atoms with Gasteiger partial charge in [0.2, 0.25) is 0 Å². The van der Waals surface area contributed by atoms with E-state index in [1.807, 2.05) is 12.1 Å². The Bertz CT molecular complexity index is 791. The first kappa shape index (κ1) is 18.4. The Hall–Kier alpha value is -2.93. The van der Waals surface area contributed by atoms with Crippen LogP contribution in [0.15, 0.2) is 70.8 Å². The number of para-hydroxylation sites is 1. The number of hydrogen-bond acceptors (Lipinski definition) is 4. The molecule has 0 aliphatic heterocycles. The lowest BCUT2D eigenvalue weighted by Gasteiger charge is -2.07. The average Bonchev–Trinajstić information content (AvgIpc) is 2.61. The van der Waals surface area contributed by atoms with Crippen molar-refractivity contribution >= 4 is 39.6 Å². The maximum absolute atomic E-state index is 11.8. The van der Waals surface area contributed by atoms with Gasteiger partial charge in [0.05, 0.1) is 6.21 Å². The number of anilines is 1. The summed E-state index contributed by atoms with van der Waals surface area (Å²) in [6, 6.07) is 14.0. The van der Waals surface area contributed by atoms with E-state index in [0.717, 1.165) is 4.47 Å². The molecule has 25 heavy (non-hydrogen) atoms. The van der Waals surface area contributed by atoms with Crippen molar-refractivity contribution in [3.63, 3.8) is 0 Å². The van der Waals surface area contributed by atoms with Crippen LogP contribution in [-0.2, 0) is 9.59 Å². The Morgan fingerprint density at radius 2 is 1.92 bits per heavy atom. The largest absolute Gasteiger partial charge is 0.489 e. The lowest BCUT2D eigenvalue weighted by molar-refractivity contribution is -0.136. The molecule has 2 aromatic rings. The number of ether oxygens (including phenoxy) is 1. The minimum absolute atomic E-state index is 0.342. The topological polar surface area (TPSA) is 79.8 Å². The van der Waals surface area contributed by atoms with Gasteiger partial charge >= 0.3 is 11.8 Å². The third kappa shape index (κ3) is 5.89. The van der Waals surface area contributed by atoms with Crippen LogP contribution < -0.4 is 15.5 Å². The summed E-state index contributed by atoms with van der Waals surface area (Å²) in [5.41, 5.74) is 3.35. The third-order valence-corrected chi connectivity index (χ3v) is 3.43. The van der Waals surface area contributed by atoms with Gasteiger partial charge in [0, 0.05) is 15.7 Å². The molecule has 128 valence electrons. The summed E-state index contributed by atoms with van der Waals surface area (Å²) in [6.45, 7) is 3.93. The lowest BCUT2D eigenvalue weighted by Crippen LogP contribution is -2.32. The minimum Gasteiger partial charge on any atom is -0.489 e. The monoisotopic (exact) mass is 401 g/mol. The second-order valence-corrected chi connectivity index (χ2v) is 5.72. The summed E-state index contributed by atoms with van der Waals surface area (Å²) in [6.07, 6.45) is 3.02. The molecule has 7 heteroatoms. The maximum atomic E-state index is 11.8. The number of nitrogens with zero attached hydrogens (tertiary/aromatic N) is 1. The van der Waals surface area contributed by atoms with E-state index >= 15 is 0 Å². The number of hydrogen-bond donors (Lipinski definition) is 2. The Labute approximate surface area is 153 Å². The molecule has 0 atom stereocenters. The average molecular weight is 402 g/mol. The second-order valence-electron chi connectivity index (χ2n) is 4.80. The van der Waals surface area contributed by atoms with Gasteiger partial charge in [-0.3, -0.25) is 9.59 Å². The van der Waals surface area contributed by atoms with E-state index in [-0.39, 0.29) is 0 Å². The van der Waals surface area contributed by atoms with Crippen LogP contribution in [-0.4, -0.2) is 24.6 Å². The zero-order valence-electron chi connectivity index (χ0n) is 13.2. The standard InChI is InChI=1S/C18H16BrN3O3/c1-2-10-25-16-9-8-14(19)11-13(16)12-20-22-18(24)17(23)21-15-6-4-3-5-7-15/h2-9,11-12H,1,10H2,(H,21,23)(H,22,24)/b20-12-. The molecule has 0 aliphatic rings. The van der Waals surface area contributed by atoms with Gasteiger partial charge in [0.25, 0.3) is 0 Å². The van der Waals surface area contributed by atoms with Crippen molar-refractivity contribution in [3.8, 4) is 5.75 Å². The van der Waals surface area contributed by atoms with E-state index < -0.39 is 11.8 Å². The molecular weight excluding hydrogens is 386 g/mol. The number of hydrazone groups is 1. The van der Waals surface area contributed by atoms with E-state index in [4.69, 9.17) is 4.74 Å². The van der Waals surface area contributed by atoms with E-state index in [1.54, 1.807) is 42.5 Å². The zero-order chi connectivity index (χ0) is 18.1. The molecule has 0 unspecified atom stereocenters. The van der Waals surface area contributed by atoms with Gasteiger partial charge in [-0.05, 0) is 30.3 Å². The number of amides is 2. The van der Waals surface area contributed by atoms with Crippen molar-refractivity contribution in [1.29, 1.82) is 0 Å². The van der Waals surface area contributed by atoms with E-state index in [9.17, 15) is 9.59 Å². The van der Waals surface area contributed by atoms with Gasteiger partial charge in [-0.2, -0.15) is 5.10 Å². The van der Waals surface area contributed by atoms with Gasteiger partial charge in [-0.1, -0.05) is 46.8 Å². The van der Waals surface area contributed by atoms with E-state index in [1.165, 1.54) is 6.21 Å². The van der Waals surface area contributed by atoms with Crippen LogP contribution >= 0.6 is 15.9 Å². The van der Waals surface area contributed by atoms with E-state index in [0.29, 0.717) is 23.6 Å². The van der Waals surface area contributed by atoms with Gasteiger partial charge in [0.1, 0.15) is 12.4 Å². The third-order valence-electron chi connectivity index (χ3n) is 2.94. The summed E-state index contributed by atoms with van der Waals surface area (Å²) in [4.78, 5) is 23.5. The predicted molar refractivity (Wildman–Crippen MR) is 101 cm³/mol. The quantitative estimate of drug-likeness (QED) is 0.337. The zero-order valence-corrected chi connectivity index (χ0v) is 14.8. The molecule has 0 heterocycles. The molecule has 0 aromatic heterocycles. The molecule has 0 spiro atoms. The minimum atomic E-state index is -0.872. The lowest BCUT2D eigenvalue weighted by atomic mass is 10.2. The van der Waals surface area contributed by atoms with Crippen molar-refractivity contribution < 1.29 is 14.3 Å². The van der Waals surface area contributed by atoms with Crippen molar-refractivity contribution in [2.75, 3.05) is 11.9 Å². The summed E-state index contributed by atoms with van der Waals surface area (Å²) in [7, 11) is 0. The first-order valence-corrected chi connectivity index (χ1v) is 8.12. The molecule has 0 saturated carbocycles. The fraction of sp³-hybridized carbons (Fsp3) is 0.0556. The number of carbonyl (C=O) groups excluding carboxylic acids is 2. The van der Waals surface area contributed by atoms with Crippen LogP contribution in [0.1, 0.15) is 5.56 Å². The van der Waals surface area contributed by atoms with Crippen molar-refractivity contribution in [3.05, 3.63) is 71.2 Å². The van der Waals surface area contributed by atoms with Crippen molar-refractivity contribution in [2.45, 2.75) is 0 Å². The first-order chi connectivity index (χ1) is 12.1. The highest BCUT2D eigenvalue weighted by Crippen LogP contribution is 2.21. The summed E-state index contributed by atoms with van der Waals surface area (Å²) >= 11 is 3.36.